The normalized spacial score (nSPS) is 11.8. The Morgan fingerprint density at radius 3 is 1.43 bits per heavy atom. The highest BCUT2D eigenvalue weighted by atomic mass is 32.1. The van der Waals surface area contributed by atoms with Crippen LogP contribution in [0, 0.1) is 0 Å². The molecular formula is C54H35N3S. The highest BCUT2D eigenvalue weighted by Crippen LogP contribution is 2.42. The highest BCUT2D eigenvalue weighted by molar-refractivity contribution is 7.25. The lowest BCUT2D eigenvalue weighted by molar-refractivity contribution is 1.17. The summed E-state index contributed by atoms with van der Waals surface area (Å²) in [6, 6.07) is 77.2. The monoisotopic (exact) mass is 757 g/mol. The number of hydrogen-bond donors (Lipinski definition) is 0. The number of fused-ring (bicyclic) bond motifs is 9. The van der Waals surface area contributed by atoms with Crippen molar-refractivity contribution in [1.82, 2.24) is 9.13 Å². The first kappa shape index (κ1) is 32.8. The van der Waals surface area contributed by atoms with Gasteiger partial charge < -0.3 is 14.0 Å². The summed E-state index contributed by atoms with van der Waals surface area (Å²) in [5.41, 5.74) is 12.9. The van der Waals surface area contributed by atoms with Crippen molar-refractivity contribution < 1.29 is 0 Å². The predicted octanol–water partition coefficient (Wildman–Crippen LogP) is 15.4. The lowest BCUT2D eigenvalue weighted by atomic mass is 10.0. The smallest absolute Gasteiger partial charge is 0.0548 e. The van der Waals surface area contributed by atoms with Crippen molar-refractivity contribution >= 4 is 92.2 Å². The van der Waals surface area contributed by atoms with Crippen molar-refractivity contribution in [2.75, 3.05) is 4.90 Å². The van der Waals surface area contributed by atoms with Gasteiger partial charge in [-0.3, -0.25) is 0 Å². The van der Waals surface area contributed by atoms with E-state index in [1.54, 1.807) is 0 Å². The van der Waals surface area contributed by atoms with Gasteiger partial charge in [-0.15, -0.1) is 11.3 Å². The highest BCUT2D eigenvalue weighted by Gasteiger charge is 2.18. The molecule has 3 heterocycles. The summed E-state index contributed by atoms with van der Waals surface area (Å²) in [6.07, 6.45) is 0. The first-order valence-electron chi connectivity index (χ1n) is 19.8. The molecule has 0 spiro atoms. The van der Waals surface area contributed by atoms with Gasteiger partial charge in [0.05, 0.1) is 22.1 Å². The Kier molecular flexibility index (Phi) is 7.40. The van der Waals surface area contributed by atoms with E-state index in [-0.39, 0.29) is 0 Å². The molecule has 0 amide bonds. The van der Waals surface area contributed by atoms with Gasteiger partial charge >= 0.3 is 0 Å². The summed E-state index contributed by atoms with van der Waals surface area (Å²) in [5.74, 6) is 0. The Bertz CT molecular complexity index is 3440. The van der Waals surface area contributed by atoms with Gasteiger partial charge in [0.1, 0.15) is 0 Å². The van der Waals surface area contributed by atoms with Crippen LogP contribution in [0.4, 0.5) is 17.1 Å². The molecule has 9 aromatic carbocycles. The molecule has 3 nitrogen and oxygen atoms in total. The second-order valence-electron chi connectivity index (χ2n) is 15.0. The van der Waals surface area contributed by atoms with Crippen molar-refractivity contribution in [3.05, 3.63) is 212 Å². The molecule has 0 unspecified atom stereocenters. The van der Waals surface area contributed by atoms with E-state index in [9.17, 15) is 0 Å². The van der Waals surface area contributed by atoms with Gasteiger partial charge in [0.25, 0.3) is 0 Å². The number of aromatic nitrogens is 2. The predicted molar refractivity (Wildman–Crippen MR) is 248 cm³/mol. The fourth-order valence-corrected chi connectivity index (χ4v) is 10.2. The summed E-state index contributed by atoms with van der Waals surface area (Å²) in [6.45, 7) is 0. The Hall–Kier alpha value is -7.40. The van der Waals surface area contributed by atoms with E-state index in [1.807, 2.05) is 11.3 Å². The lowest BCUT2D eigenvalue weighted by Crippen LogP contribution is -2.09. The molecule has 0 saturated carbocycles. The van der Waals surface area contributed by atoms with Crippen LogP contribution in [0.1, 0.15) is 0 Å². The largest absolute Gasteiger partial charge is 0.311 e. The third-order valence-corrected chi connectivity index (χ3v) is 12.8. The van der Waals surface area contributed by atoms with E-state index in [1.165, 1.54) is 74.9 Å². The van der Waals surface area contributed by atoms with Gasteiger partial charge in [0.2, 0.25) is 0 Å². The average Bonchev–Trinajstić information content (AvgIpc) is 3.94. The van der Waals surface area contributed by atoms with Crippen molar-refractivity contribution in [1.29, 1.82) is 0 Å². The van der Waals surface area contributed by atoms with E-state index in [0.29, 0.717) is 0 Å². The van der Waals surface area contributed by atoms with Crippen LogP contribution in [0.2, 0.25) is 0 Å². The molecule has 58 heavy (non-hydrogen) atoms. The number of hydrogen-bond acceptors (Lipinski definition) is 2. The van der Waals surface area contributed by atoms with Gasteiger partial charge in [-0.1, -0.05) is 109 Å². The molecule has 0 radical (unpaired) electrons. The van der Waals surface area contributed by atoms with Gasteiger partial charge in [-0.05, 0) is 114 Å². The maximum absolute atomic E-state index is 2.43. The van der Waals surface area contributed by atoms with Gasteiger partial charge in [-0.2, -0.15) is 0 Å². The minimum atomic E-state index is 1.11. The van der Waals surface area contributed by atoms with Crippen molar-refractivity contribution in [2.45, 2.75) is 0 Å². The maximum Gasteiger partial charge on any atom is 0.0548 e. The van der Waals surface area contributed by atoms with Crippen molar-refractivity contribution in [3.63, 3.8) is 0 Å². The summed E-state index contributed by atoms with van der Waals surface area (Å²) < 4.78 is 7.49. The maximum atomic E-state index is 2.43. The molecule has 0 bridgehead atoms. The Morgan fingerprint density at radius 2 is 0.776 bits per heavy atom. The molecule has 3 aromatic heterocycles. The fraction of sp³-hybridized carbons (Fsp3) is 0. The minimum absolute atomic E-state index is 1.11. The zero-order valence-corrected chi connectivity index (χ0v) is 32.3. The number of thiophene rings is 1. The first-order chi connectivity index (χ1) is 28.8. The molecule has 0 atom stereocenters. The van der Waals surface area contributed by atoms with E-state index < -0.39 is 0 Å². The second-order valence-corrected chi connectivity index (χ2v) is 16.1. The van der Waals surface area contributed by atoms with Crippen LogP contribution >= 0.6 is 11.3 Å². The topological polar surface area (TPSA) is 13.1 Å². The fourth-order valence-electron chi connectivity index (χ4n) is 9.05. The molecule has 0 fully saturated rings. The van der Waals surface area contributed by atoms with Crippen LogP contribution in [0.5, 0.6) is 0 Å². The van der Waals surface area contributed by atoms with E-state index in [4.69, 9.17) is 0 Å². The first-order valence-corrected chi connectivity index (χ1v) is 20.6. The zero-order valence-electron chi connectivity index (χ0n) is 31.5. The third kappa shape index (κ3) is 5.12. The van der Waals surface area contributed by atoms with Crippen LogP contribution in [-0.4, -0.2) is 9.13 Å². The number of benzene rings is 9. The summed E-state index contributed by atoms with van der Waals surface area (Å²) >= 11 is 1.88. The molecule has 12 rings (SSSR count). The van der Waals surface area contributed by atoms with Crippen LogP contribution in [0.25, 0.3) is 86.3 Å². The van der Waals surface area contributed by atoms with Crippen LogP contribution in [0.15, 0.2) is 212 Å². The summed E-state index contributed by atoms with van der Waals surface area (Å²) in [5, 5.41) is 7.70. The van der Waals surface area contributed by atoms with Gasteiger partial charge in [0, 0.05) is 70.2 Å². The Labute approximate surface area is 339 Å². The molecule has 0 aliphatic carbocycles. The van der Waals surface area contributed by atoms with Crippen LogP contribution in [0.3, 0.4) is 0 Å². The Morgan fingerprint density at radius 1 is 0.293 bits per heavy atom. The number of para-hydroxylation sites is 4. The van der Waals surface area contributed by atoms with Crippen molar-refractivity contribution in [2.24, 2.45) is 0 Å². The molecule has 12 aromatic rings. The molecule has 0 aliphatic heterocycles. The molecule has 0 N–H and O–H groups in total. The average molecular weight is 758 g/mol. The molecular weight excluding hydrogens is 723 g/mol. The quantitative estimate of drug-likeness (QED) is 0.165. The third-order valence-electron chi connectivity index (χ3n) is 11.7. The molecule has 4 heteroatoms. The minimum Gasteiger partial charge on any atom is -0.311 e. The SMILES string of the molecule is c1ccc(N(c2ccccc2)c2ccc(-n3c4ccccc4c4cc(-c5ccc(-n6c7ccccc7c7cc8sc9ccccc9c8cc76)cc5)ccc43)cc2)cc1. The number of anilines is 3. The van der Waals surface area contributed by atoms with E-state index in [2.05, 4.69) is 226 Å². The van der Waals surface area contributed by atoms with Gasteiger partial charge in [-0.25, -0.2) is 0 Å². The van der Waals surface area contributed by atoms with E-state index >= 15 is 0 Å². The lowest BCUT2D eigenvalue weighted by Gasteiger charge is -2.25. The second kappa shape index (κ2) is 13.1. The Balaban J connectivity index is 0.938. The summed E-state index contributed by atoms with van der Waals surface area (Å²) in [7, 11) is 0. The van der Waals surface area contributed by atoms with Crippen molar-refractivity contribution in [3.8, 4) is 22.5 Å². The molecule has 272 valence electrons. The zero-order chi connectivity index (χ0) is 38.2. The number of nitrogens with zero attached hydrogens (tertiary/aromatic N) is 3. The standard InChI is InChI=1S/C54H35N3S/c1-3-13-38(14-4-1)55(39-15-5-2-6-16-39)40-28-30-42(31-29-40)56-49-20-10-7-17-43(49)46-33-37(25-32-51(46)56)36-23-26-41(27-24-36)57-50-21-11-8-18-44(50)47-35-54-48(34-52(47)57)45-19-9-12-22-53(45)58-54/h1-35H. The van der Waals surface area contributed by atoms with E-state index in [0.717, 1.165) is 28.4 Å². The number of rotatable bonds is 6. The molecule has 0 aliphatic rings. The summed E-state index contributed by atoms with van der Waals surface area (Å²) in [4.78, 5) is 2.30. The van der Waals surface area contributed by atoms with Gasteiger partial charge in [0.15, 0.2) is 0 Å². The molecule has 0 saturated heterocycles. The van der Waals surface area contributed by atoms with Crippen LogP contribution in [-0.2, 0) is 0 Å². The van der Waals surface area contributed by atoms with Crippen LogP contribution < -0.4 is 4.90 Å².